The Kier molecular flexibility index (Phi) is 3.56. The van der Waals surface area contributed by atoms with Crippen LogP contribution in [0.2, 0.25) is 0 Å². The molecule has 7 rings (SSSR count). The van der Waals surface area contributed by atoms with E-state index >= 15 is 0 Å². The van der Waals surface area contributed by atoms with E-state index in [4.69, 9.17) is 13.9 Å². The molecule has 5 aromatic rings. The Labute approximate surface area is 185 Å². The van der Waals surface area contributed by atoms with E-state index in [-0.39, 0.29) is 11.1 Å². The fourth-order valence-corrected chi connectivity index (χ4v) is 5.68. The summed E-state index contributed by atoms with van der Waals surface area (Å²) in [6, 6.07) is 18.2. The number of fused-ring (bicyclic) bond motifs is 10. The van der Waals surface area contributed by atoms with Crippen LogP contribution in [0.1, 0.15) is 28.4 Å². The lowest BCUT2D eigenvalue weighted by molar-refractivity contribution is -0.236. The molecule has 0 N–H and O–H groups in total. The molecule has 32 heavy (non-hydrogen) atoms. The zero-order valence-corrected chi connectivity index (χ0v) is 17.4. The van der Waals surface area contributed by atoms with Gasteiger partial charge in [-0.15, -0.1) is 0 Å². The normalized spacial score (nSPS) is 21.2. The fraction of sp³-hybridized carbons (Fsp3) is 0.115. The zero-order valence-electron chi connectivity index (χ0n) is 16.6. The molecule has 0 amide bonds. The molecule has 0 fully saturated rings. The Morgan fingerprint density at radius 1 is 1.03 bits per heavy atom. The van der Waals surface area contributed by atoms with Crippen LogP contribution in [0.15, 0.2) is 80.6 Å². The number of hydrogen-bond acceptors (Lipinski definition) is 5. The fourth-order valence-electron chi connectivity index (χ4n) is 4.97. The Balaban J connectivity index is 1.61. The van der Waals surface area contributed by atoms with E-state index in [2.05, 4.69) is 12.1 Å². The zero-order chi connectivity index (χ0) is 21.4. The predicted molar refractivity (Wildman–Crippen MR) is 120 cm³/mol. The van der Waals surface area contributed by atoms with E-state index in [1.165, 1.54) is 18.2 Å². The van der Waals surface area contributed by atoms with Crippen molar-refractivity contribution in [1.82, 2.24) is 0 Å². The van der Waals surface area contributed by atoms with Crippen molar-refractivity contribution in [2.45, 2.75) is 18.3 Å². The summed E-state index contributed by atoms with van der Waals surface area (Å²) in [7, 11) is 0. The monoisotopic (exact) mass is 442 g/mol. The third-order valence-electron chi connectivity index (χ3n) is 6.42. The summed E-state index contributed by atoms with van der Waals surface area (Å²) in [6.07, 6.45) is -0.219. The summed E-state index contributed by atoms with van der Waals surface area (Å²) in [5, 5.41) is 6.60. The minimum Gasteiger partial charge on any atom is -0.456 e. The Morgan fingerprint density at radius 3 is 2.81 bits per heavy atom. The number of rotatable bonds is 1. The summed E-state index contributed by atoms with van der Waals surface area (Å²) in [5.74, 6) is -1.22. The van der Waals surface area contributed by atoms with Gasteiger partial charge in [0.2, 0.25) is 5.79 Å². The van der Waals surface area contributed by atoms with Crippen molar-refractivity contribution in [2.24, 2.45) is 0 Å². The second-order valence-electron chi connectivity index (χ2n) is 8.17. The molecule has 0 spiro atoms. The molecule has 4 heterocycles. The van der Waals surface area contributed by atoms with E-state index in [9.17, 15) is 9.18 Å². The van der Waals surface area contributed by atoms with Crippen molar-refractivity contribution in [2.75, 3.05) is 0 Å². The smallest absolute Gasteiger partial charge is 0.346 e. The molecule has 3 aromatic carbocycles. The average Bonchev–Trinajstić information content (AvgIpc) is 3.35. The topological polar surface area (TPSA) is 48.7 Å². The first kappa shape index (κ1) is 18.1. The van der Waals surface area contributed by atoms with Gasteiger partial charge in [-0.25, -0.2) is 9.18 Å². The van der Waals surface area contributed by atoms with Gasteiger partial charge < -0.3 is 13.9 Å². The van der Waals surface area contributed by atoms with Crippen molar-refractivity contribution in [1.29, 1.82) is 0 Å². The first-order valence-corrected chi connectivity index (χ1v) is 11.2. The van der Waals surface area contributed by atoms with Crippen LogP contribution >= 0.6 is 11.3 Å². The van der Waals surface area contributed by atoms with Gasteiger partial charge >= 0.3 is 5.63 Å². The molecule has 2 aliphatic heterocycles. The van der Waals surface area contributed by atoms with Gasteiger partial charge in [-0.1, -0.05) is 36.4 Å². The van der Waals surface area contributed by atoms with Crippen molar-refractivity contribution in [3.8, 4) is 5.75 Å². The van der Waals surface area contributed by atoms with Crippen LogP contribution < -0.4 is 10.4 Å². The number of halogens is 1. The quantitative estimate of drug-likeness (QED) is 0.296. The predicted octanol–water partition coefficient (Wildman–Crippen LogP) is 6.05. The van der Waals surface area contributed by atoms with Gasteiger partial charge in [-0.2, -0.15) is 11.3 Å². The summed E-state index contributed by atoms with van der Waals surface area (Å²) >= 11 is 1.55. The third-order valence-corrected chi connectivity index (χ3v) is 7.10. The molecule has 0 saturated heterocycles. The SMILES string of the molecule is O=c1oc2ccc(F)cc2c2c1[C@H]1O[C@](c3ccsc3)(Cc3c1ccc1ccccc31)O2. The van der Waals surface area contributed by atoms with Crippen molar-refractivity contribution < 1.29 is 18.3 Å². The number of ether oxygens (including phenoxy) is 2. The van der Waals surface area contributed by atoms with Crippen molar-refractivity contribution >= 4 is 33.1 Å². The molecule has 2 bridgehead atoms. The molecular weight excluding hydrogens is 427 g/mol. The molecule has 2 aliphatic rings. The van der Waals surface area contributed by atoms with Gasteiger partial charge in [0.05, 0.1) is 5.39 Å². The summed E-state index contributed by atoms with van der Waals surface area (Å²) in [4.78, 5) is 13.1. The van der Waals surface area contributed by atoms with E-state index in [0.717, 1.165) is 27.5 Å². The molecule has 2 atom stereocenters. The maximum absolute atomic E-state index is 14.2. The number of hydrogen-bond donors (Lipinski definition) is 0. The maximum atomic E-state index is 14.2. The van der Waals surface area contributed by atoms with Crippen LogP contribution in [0, 0.1) is 5.82 Å². The minimum atomic E-state index is -1.12. The van der Waals surface area contributed by atoms with Gasteiger partial charge in [0.15, 0.2) is 0 Å². The first-order chi connectivity index (χ1) is 15.6. The van der Waals surface area contributed by atoms with Crippen LogP contribution in [0.25, 0.3) is 21.7 Å². The molecule has 4 nitrogen and oxygen atoms in total. The van der Waals surface area contributed by atoms with Gasteiger partial charge in [0.1, 0.15) is 28.8 Å². The molecule has 0 unspecified atom stereocenters. The molecule has 156 valence electrons. The van der Waals surface area contributed by atoms with Crippen LogP contribution in [0.5, 0.6) is 5.75 Å². The molecule has 0 radical (unpaired) electrons. The first-order valence-electron chi connectivity index (χ1n) is 10.3. The average molecular weight is 442 g/mol. The van der Waals surface area contributed by atoms with Gasteiger partial charge in [0.25, 0.3) is 0 Å². The molecule has 0 saturated carbocycles. The van der Waals surface area contributed by atoms with Crippen LogP contribution in [-0.2, 0) is 16.9 Å². The highest BCUT2D eigenvalue weighted by Gasteiger charge is 2.51. The maximum Gasteiger partial charge on any atom is 0.346 e. The van der Waals surface area contributed by atoms with E-state index in [1.54, 1.807) is 11.3 Å². The number of thiophene rings is 1. The highest BCUT2D eigenvalue weighted by Crippen LogP contribution is 2.54. The Bertz CT molecular complexity index is 1600. The van der Waals surface area contributed by atoms with Crippen LogP contribution in [0.4, 0.5) is 4.39 Å². The molecule has 0 aliphatic carbocycles. The third kappa shape index (κ3) is 2.36. The molecular formula is C26H15FO4S. The molecule has 6 heteroatoms. The minimum absolute atomic E-state index is 0.269. The lowest BCUT2D eigenvalue weighted by Gasteiger charge is -2.46. The Hall–Kier alpha value is -3.48. The van der Waals surface area contributed by atoms with Crippen LogP contribution in [0.3, 0.4) is 0 Å². The van der Waals surface area contributed by atoms with E-state index in [0.29, 0.717) is 17.6 Å². The number of benzene rings is 3. The van der Waals surface area contributed by atoms with E-state index < -0.39 is 23.3 Å². The van der Waals surface area contributed by atoms with Gasteiger partial charge in [-0.3, -0.25) is 0 Å². The summed E-state index contributed by atoms with van der Waals surface area (Å²) in [6.45, 7) is 0. The second-order valence-corrected chi connectivity index (χ2v) is 8.95. The summed E-state index contributed by atoms with van der Waals surface area (Å²) in [5.41, 5.74) is 2.87. The Morgan fingerprint density at radius 2 is 1.94 bits per heavy atom. The van der Waals surface area contributed by atoms with E-state index in [1.807, 2.05) is 41.1 Å². The van der Waals surface area contributed by atoms with Gasteiger partial charge in [-0.05, 0) is 51.5 Å². The van der Waals surface area contributed by atoms with Crippen molar-refractivity contribution in [3.05, 3.63) is 110 Å². The van der Waals surface area contributed by atoms with Crippen LogP contribution in [-0.4, -0.2) is 0 Å². The molecule has 2 aromatic heterocycles. The largest absolute Gasteiger partial charge is 0.456 e. The highest BCUT2D eigenvalue weighted by molar-refractivity contribution is 7.08. The lowest BCUT2D eigenvalue weighted by atomic mass is 9.82. The summed E-state index contributed by atoms with van der Waals surface area (Å²) < 4.78 is 32.8. The standard InChI is InChI=1S/C26H15FO4S/c27-16-6-8-21-19(11-16)24-22(25(28)29-21)23-18-7-5-14-3-1-2-4-17(14)20(18)12-26(30-23,31-24)15-9-10-32-13-15/h1-11,13,23H,12H2/t23-,26+/m0/s1. The van der Waals surface area contributed by atoms with Crippen molar-refractivity contribution in [3.63, 3.8) is 0 Å². The van der Waals surface area contributed by atoms with Gasteiger partial charge in [0, 0.05) is 17.4 Å². The lowest BCUT2D eigenvalue weighted by Crippen LogP contribution is -2.47. The second kappa shape index (κ2) is 6.28. The highest BCUT2D eigenvalue weighted by atomic mass is 32.1.